The van der Waals surface area contributed by atoms with Crippen molar-refractivity contribution < 1.29 is 14.3 Å². The van der Waals surface area contributed by atoms with Crippen molar-refractivity contribution in [1.82, 2.24) is 10.3 Å². The van der Waals surface area contributed by atoms with Crippen LogP contribution >= 0.6 is 11.6 Å². The fourth-order valence-corrected chi connectivity index (χ4v) is 3.71. The highest BCUT2D eigenvalue weighted by atomic mass is 35.5. The summed E-state index contributed by atoms with van der Waals surface area (Å²) in [6.45, 7) is 5.27. The molecule has 5 nitrogen and oxygen atoms in total. The molecule has 2 aromatic rings. The van der Waals surface area contributed by atoms with Crippen LogP contribution in [0, 0.1) is 6.92 Å². The van der Waals surface area contributed by atoms with Gasteiger partial charge in [0, 0.05) is 49.1 Å². The van der Waals surface area contributed by atoms with Gasteiger partial charge >= 0.3 is 0 Å². The van der Waals surface area contributed by atoms with Crippen LogP contribution in [0.5, 0.6) is 0 Å². The number of fused-ring (bicyclic) bond motifs is 1. The maximum absolute atomic E-state index is 12.7. The predicted octanol–water partition coefficient (Wildman–Crippen LogP) is 3.44. The second-order valence-electron chi connectivity index (χ2n) is 6.44. The molecule has 6 heteroatoms. The fourth-order valence-electron chi connectivity index (χ4n) is 3.43. The average Bonchev–Trinajstić information content (AvgIpc) is 2.99. The van der Waals surface area contributed by atoms with Crippen molar-refractivity contribution >= 4 is 28.4 Å². The molecular formula is C18H23ClN2O3. The molecule has 0 radical (unpaired) electrons. The minimum absolute atomic E-state index is 0.116. The van der Waals surface area contributed by atoms with Crippen molar-refractivity contribution in [2.24, 2.45) is 0 Å². The van der Waals surface area contributed by atoms with Gasteiger partial charge in [0.1, 0.15) is 5.69 Å². The lowest BCUT2D eigenvalue weighted by atomic mass is 9.87. The van der Waals surface area contributed by atoms with E-state index in [1.807, 2.05) is 32.0 Å². The topological polar surface area (TPSA) is 63.3 Å². The number of halogens is 1. The number of H-pyrrole nitrogens is 1. The number of amides is 1. The molecule has 1 aliphatic rings. The molecule has 1 unspecified atom stereocenters. The van der Waals surface area contributed by atoms with Crippen molar-refractivity contribution in [3.8, 4) is 0 Å². The van der Waals surface area contributed by atoms with Gasteiger partial charge in [-0.1, -0.05) is 11.6 Å². The van der Waals surface area contributed by atoms with E-state index in [1.165, 1.54) is 0 Å². The molecule has 1 aliphatic heterocycles. The first-order chi connectivity index (χ1) is 11.4. The van der Waals surface area contributed by atoms with Crippen molar-refractivity contribution in [1.29, 1.82) is 0 Å². The third-order valence-electron chi connectivity index (χ3n) is 5.04. The molecule has 0 spiro atoms. The van der Waals surface area contributed by atoms with Crippen LogP contribution in [-0.4, -0.2) is 42.9 Å². The molecule has 2 N–H and O–H groups in total. The molecule has 1 saturated heterocycles. The maximum Gasteiger partial charge on any atom is 0.268 e. The number of aromatic nitrogens is 1. The summed E-state index contributed by atoms with van der Waals surface area (Å²) in [4.78, 5) is 15.8. The van der Waals surface area contributed by atoms with Gasteiger partial charge in [-0.15, -0.1) is 0 Å². The van der Waals surface area contributed by atoms with Gasteiger partial charge in [-0.2, -0.15) is 0 Å². The standard InChI is InChI=1S/C18H23ClN2O3/c1-11-8-13(19)9-15-14(11)10-16(21-15)17(22)20-12(2)18(23-3)4-6-24-7-5-18/h8-10,12,21H,4-7H2,1-3H3,(H,20,22). The summed E-state index contributed by atoms with van der Waals surface area (Å²) in [6.07, 6.45) is 1.54. The number of carbonyl (C=O) groups is 1. The Balaban J connectivity index is 1.80. The quantitative estimate of drug-likeness (QED) is 0.887. The van der Waals surface area contributed by atoms with E-state index in [0.717, 1.165) is 29.3 Å². The number of methoxy groups -OCH3 is 1. The summed E-state index contributed by atoms with van der Waals surface area (Å²) in [6, 6.07) is 5.48. The Hall–Kier alpha value is -1.56. The number of rotatable bonds is 4. The van der Waals surface area contributed by atoms with Crippen LogP contribution < -0.4 is 5.32 Å². The molecule has 130 valence electrons. The van der Waals surface area contributed by atoms with Crippen LogP contribution in [0.4, 0.5) is 0 Å². The van der Waals surface area contributed by atoms with Crippen LogP contribution in [-0.2, 0) is 9.47 Å². The van der Waals surface area contributed by atoms with Gasteiger partial charge in [-0.05, 0) is 37.6 Å². The molecule has 1 amide bonds. The number of hydrogen-bond donors (Lipinski definition) is 2. The average molecular weight is 351 g/mol. The zero-order chi connectivity index (χ0) is 17.3. The molecule has 1 fully saturated rings. The largest absolute Gasteiger partial charge is 0.381 e. The Morgan fingerprint density at radius 3 is 2.75 bits per heavy atom. The van der Waals surface area contributed by atoms with Crippen molar-refractivity contribution in [3.63, 3.8) is 0 Å². The van der Waals surface area contributed by atoms with E-state index in [1.54, 1.807) is 7.11 Å². The summed E-state index contributed by atoms with van der Waals surface area (Å²) in [7, 11) is 1.70. The number of carbonyl (C=O) groups excluding carboxylic acids is 1. The second kappa shape index (κ2) is 6.75. The van der Waals surface area contributed by atoms with Gasteiger partial charge in [0.25, 0.3) is 5.91 Å². The van der Waals surface area contributed by atoms with Crippen LogP contribution in [0.25, 0.3) is 10.9 Å². The lowest BCUT2D eigenvalue weighted by Gasteiger charge is -2.40. The Morgan fingerprint density at radius 1 is 1.38 bits per heavy atom. The van der Waals surface area contributed by atoms with Gasteiger partial charge in [-0.25, -0.2) is 0 Å². The maximum atomic E-state index is 12.7. The number of aryl methyl sites for hydroxylation is 1. The van der Waals surface area contributed by atoms with E-state index in [0.29, 0.717) is 23.9 Å². The highest BCUT2D eigenvalue weighted by molar-refractivity contribution is 6.31. The normalized spacial score (nSPS) is 18.5. The number of ether oxygens (including phenoxy) is 2. The minimum atomic E-state index is -0.376. The molecule has 0 bridgehead atoms. The zero-order valence-electron chi connectivity index (χ0n) is 14.2. The fraction of sp³-hybridized carbons (Fsp3) is 0.500. The Kier molecular flexibility index (Phi) is 4.85. The molecule has 1 aromatic carbocycles. The van der Waals surface area contributed by atoms with Crippen LogP contribution in [0.3, 0.4) is 0 Å². The molecular weight excluding hydrogens is 328 g/mol. The summed E-state index contributed by atoms with van der Waals surface area (Å²) >= 11 is 6.09. The van der Waals surface area contributed by atoms with Gasteiger partial charge in [0.2, 0.25) is 0 Å². The van der Waals surface area contributed by atoms with E-state index >= 15 is 0 Å². The number of benzene rings is 1. The monoisotopic (exact) mass is 350 g/mol. The SMILES string of the molecule is COC1(C(C)NC(=O)c2cc3c(C)cc(Cl)cc3[nH]2)CCOCC1. The smallest absolute Gasteiger partial charge is 0.268 e. The molecule has 24 heavy (non-hydrogen) atoms. The first kappa shape index (κ1) is 17.3. The van der Waals surface area contributed by atoms with Crippen molar-refractivity contribution in [2.75, 3.05) is 20.3 Å². The summed E-state index contributed by atoms with van der Waals surface area (Å²) in [5.41, 5.74) is 2.06. The first-order valence-electron chi connectivity index (χ1n) is 8.18. The molecule has 0 saturated carbocycles. The first-order valence-corrected chi connectivity index (χ1v) is 8.55. The number of nitrogens with one attached hydrogen (secondary N) is 2. The summed E-state index contributed by atoms with van der Waals surface area (Å²) < 4.78 is 11.2. The lowest BCUT2D eigenvalue weighted by molar-refractivity contribution is -0.105. The van der Waals surface area contributed by atoms with Crippen LogP contribution in [0.15, 0.2) is 18.2 Å². The Labute approximate surface area is 146 Å². The van der Waals surface area contributed by atoms with E-state index in [4.69, 9.17) is 21.1 Å². The highest BCUT2D eigenvalue weighted by Gasteiger charge is 2.39. The van der Waals surface area contributed by atoms with Gasteiger partial charge in [-0.3, -0.25) is 4.79 Å². The highest BCUT2D eigenvalue weighted by Crippen LogP contribution is 2.29. The number of hydrogen-bond acceptors (Lipinski definition) is 3. The van der Waals surface area contributed by atoms with Gasteiger partial charge in [0.05, 0.1) is 11.6 Å². The van der Waals surface area contributed by atoms with E-state index in [9.17, 15) is 4.79 Å². The second-order valence-corrected chi connectivity index (χ2v) is 6.88. The Morgan fingerprint density at radius 2 is 2.08 bits per heavy atom. The van der Waals surface area contributed by atoms with Crippen LogP contribution in [0.1, 0.15) is 35.8 Å². The van der Waals surface area contributed by atoms with Crippen molar-refractivity contribution in [2.45, 2.75) is 38.3 Å². The van der Waals surface area contributed by atoms with Gasteiger partial charge < -0.3 is 19.8 Å². The van der Waals surface area contributed by atoms with E-state index in [2.05, 4.69) is 10.3 Å². The zero-order valence-corrected chi connectivity index (χ0v) is 15.0. The molecule has 1 atom stereocenters. The lowest BCUT2D eigenvalue weighted by Crippen LogP contribution is -2.55. The molecule has 3 rings (SSSR count). The van der Waals surface area contributed by atoms with E-state index < -0.39 is 0 Å². The summed E-state index contributed by atoms with van der Waals surface area (Å²) in [5, 5.41) is 4.73. The molecule has 1 aromatic heterocycles. The third kappa shape index (κ3) is 3.16. The molecule has 0 aliphatic carbocycles. The predicted molar refractivity (Wildman–Crippen MR) is 94.8 cm³/mol. The number of aromatic amines is 1. The van der Waals surface area contributed by atoms with Crippen LogP contribution in [0.2, 0.25) is 5.02 Å². The van der Waals surface area contributed by atoms with Gasteiger partial charge in [0.15, 0.2) is 0 Å². The minimum Gasteiger partial charge on any atom is -0.381 e. The third-order valence-corrected chi connectivity index (χ3v) is 5.25. The van der Waals surface area contributed by atoms with Crippen molar-refractivity contribution in [3.05, 3.63) is 34.5 Å². The van der Waals surface area contributed by atoms with E-state index in [-0.39, 0.29) is 17.6 Å². The molecule has 2 heterocycles. The summed E-state index contributed by atoms with van der Waals surface area (Å²) in [5.74, 6) is -0.142. The Bertz CT molecular complexity index is 750.